The quantitative estimate of drug-likeness (QED) is 0.440. The molecule has 4 nitrogen and oxygen atoms in total. The molecule has 0 aromatic carbocycles. The van der Waals surface area contributed by atoms with Crippen LogP contribution in [0.2, 0.25) is 18.1 Å². The van der Waals surface area contributed by atoms with Gasteiger partial charge in [-0.2, -0.15) is 0 Å². The van der Waals surface area contributed by atoms with Gasteiger partial charge in [-0.1, -0.05) is 41.0 Å². The molecule has 2 aliphatic carbocycles. The fourth-order valence-corrected chi connectivity index (χ4v) is 7.06. The zero-order valence-corrected chi connectivity index (χ0v) is 20.5. The monoisotopic (exact) mass is 412 g/mol. The lowest BCUT2D eigenvalue weighted by molar-refractivity contribution is -0.150. The molecule has 164 valence electrons. The Kier molecular flexibility index (Phi) is 7.48. The van der Waals surface area contributed by atoms with E-state index in [1.165, 1.54) is 39.2 Å². The number of hydrogen-bond donors (Lipinski definition) is 1. The van der Waals surface area contributed by atoms with E-state index >= 15 is 0 Å². The maximum atomic E-state index is 11.5. The van der Waals surface area contributed by atoms with Gasteiger partial charge >= 0.3 is 5.97 Å². The molecule has 2 rings (SSSR count). The summed E-state index contributed by atoms with van der Waals surface area (Å²) in [5, 5.41) is 10.2. The van der Waals surface area contributed by atoms with Crippen LogP contribution in [-0.2, 0) is 14.0 Å². The highest BCUT2D eigenvalue weighted by Gasteiger charge is 2.54. The minimum absolute atomic E-state index is 0.246. The van der Waals surface area contributed by atoms with Gasteiger partial charge in [0, 0.05) is 6.10 Å². The number of carbonyl (C=O) groups excluding carboxylic acids is 1. The fraction of sp³-hybridized carbons (Fsp3) is 0.957. The molecule has 0 radical (unpaired) electrons. The summed E-state index contributed by atoms with van der Waals surface area (Å²) in [6.07, 6.45) is 7.01. The van der Waals surface area contributed by atoms with E-state index in [1.54, 1.807) is 0 Å². The topological polar surface area (TPSA) is 55.8 Å². The predicted octanol–water partition coefficient (Wildman–Crippen LogP) is 5.54. The molecule has 6 atom stereocenters. The van der Waals surface area contributed by atoms with Gasteiger partial charge in [-0.25, -0.2) is 4.79 Å². The number of aliphatic hydroxyl groups excluding tert-OH is 1. The van der Waals surface area contributed by atoms with E-state index in [-0.39, 0.29) is 5.04 Å². The average Bonchev–Trinajstić information content (AvgIpc) is 2.95. The summed E-state index contributed by atoms with van der Waals surface area (Å²) in [7, 11) is -0.430. The zero-order chi connectivity index (χ0) is 21.3. The Hall–Kier alpha value is -0.393. The molecule has 2 saturated carbocycles. The summed E-state index contributed by atoms with van der Waals surface area (Å²) >= 11 is 0. The third kappa shape index (κ3) is 4.84. The second kappa shape index (κ2) is 8.77. The number of methoxy groups -OCH3 is 1. The Labute approximate surface area is 173 Å². The Morgan fingerprint density at radius 1 is 1.21 bits per heavy atom. The summed E-state index contributed by atoms with van der Waals surface area (Å²) in [4.78, 5) is 11.5. The maximum Gasteiger partial charge on any atom is 0.334 e. The Morgan fingerprint density at radius 2 is 1.86 bits per heavy atom. The van der Waals surface area contributed by atoms with Gasteiger partial charge in [0.15, 0.2) is 14.4 Å². The van der Waals surface area contributed by atoms with Gasteiger partial charge in [-0.15, -0.1) is 0 Å². The van der Waals surface area contributed by atoms with E-state index in [4.69, 9.17) is 4.43 Å². The van der Waals surface area contributed by atoms with Crippen molar-refractivity contribution in [1.29, 1.82) is 0 Å². The van der Waals surface area contributed by atoms with Gasteiger partial charge in [0.1, 0.15) is 0 Å². The standard InChI is InChI=1S/C23H44O4Si/c1-16(11-14-19(24)21(25)26-6)17-12-13-18-20(10-9-15-23(17,18)5)27-28(7,8)22(2,3)4/h16-20,24H,9-15H2,1-8H3/t16-,17-,18+,19+,20+,23-/m1/s1. The molecule has 28 heavy (non-hydrogen) atoms. The van der Waals surface area contributed by atoms with Gasteiger partial charge < -0.3 is 14.3 Å². The molecule has 0 aliphatic heterocycles. The average molecular weight is 413 g/mol. The first-order valence-electron chi connectivity index (χ1n) is 11.3. The summed E-state index contributed by atoms with van der Waals surface area (Å²) in [5.74, 6) is 1.28. The Morgan fingerprint density at radius 3 is 2.43 bits per heavy atom. The van der Waals surface area contributed by atoms with Crippen LogP contribution in [0.25, 0.3) is 0 Å². The van der Waals surface area contributed by atoms with Crippen molar-refractivity contribution in [2.24, 2.45) is 23.2 Å². The van der Waals surface area contributed by atoms with Crippen molar-refractivity contribution < 1.29 is 19.1 Å². The van der Waals surface area contributed by atoms with Crippen LogP contribution in [0.15, 0.2) is 0 Å². The van der Waals surface area contributed by atoms with Crippen LogP contribution in [0.1, 0.15) is 79.6 Å². The molecule has 0 bridgehead atoms. The van der Waals surface area contributed by atoms with E-state index in [0.717, 1.165) is 6.42 Å². The highest BCUT2D eigenvalue weighted by Crippen LogP contribution is 2.59. The Balaban J connectivity index is 2.05. The summed E-state index contributed by atoms with van der Waals surface area (Å²) < 4.78 is 11.6. The molecule has 2 fully saturated rings. The lowest BCUT2D eigenvalue weighted by atomic mass is 9.61. The minimum atomic E-state index is -1.77. The number of carbonyl (C=O) groups is 1. The van der Waals surface area contributed by atoms with Crippen LogP contribution in [0.3, 0.4) is 0 Å². The molecule has 0 spiro atoms. The number of hydrogen-bond acceptors (Lipinski definition) is 4. The Bertz CT molecular complexity index is 541. The maximum absolute atomic E-state index is 11.5. The first-order valence-corrected chi connectivity index (χ1v) is 14.2. The minimum Gasteiger partial charge on any atom is -0.467 e. The van der Waals surface area contributed by atoms with Gasteiger partial charge in [0.05, 0.1) is 7.11 Å². The lowest BCUT2D eigenvalue weighted by Gasteiger charge is -2.50. The molecule has 1 N–H and O–H groups in total. The van der Waals surface area contributed by atoms with Crippen molar-refractivity contribution in [2.45, 2.75) is 110 Å². The highest BCUT2D eigenvalue weighted by atomic mass is 28.4. The zero-order valence-electron chi connectivity index (χ0n) is 19.5. The molecule has 2 aliphatic rings. The molecule has 0 heterocycles. The van der Waals surface area contributed by atoms with Crippen molar-refractivity contribution in [3.63, 3.8) is 0 Å². The van der Waals surface area contributed by atoms with Crippen LogP contribution in [-0.4, -0.2) is 38.7 Å². The lowest BCUT2D eigenvalue weighted by Crippen LogP contribution is -2.50. The number of rotatable bonds is 7. The van der Waals surface area contributed by atoms with Gasteiger partial charge in [-0.3, -0.25) is 0 Å². The van der Waals surface area contributed by atoms with E-state index in [1.807, 2.05) is 0 Å². The summed E-state index contributed by atoms with van der Waals surface area (Å²) in [6.45, 7) is 16.5. The number of fused-ring (bicyclic) bond motifs is 1. The van der Waals surface area contributed by atoms with E-state index < -0.39 is 20.4 Å². The molecular formula is C23H44O4Si. The molecular weight excluding hydrogens is 368 g/mol. The molecule has 0 aromatic heterocycles. The van der Waals surface area contributed by atoms with Crippen LogP contribution in [0.4, 0.5) is 0 Å². The second-order valence-electron chi connectivity index (χ2n) is 11.2. The summed E-state index contributed by atoms with van der Waals surface area (Å²) in [6, 6.07) is 0. The summed E-state index contributed by atoms with van der Waals surface area (Å²) in [5.41, 5.74) is 0.320. The molecule has 5 heteroatoms. The molecule has 0 aromatic rings. The number of ether oxygens (including phenoxy) is 1. The van der Waals surface area contributed by atoms with Crippen LogP contribution < -0.4 is 0 Å². The smallest absolute Gasteiger partial charge is 0.334 e. The van der Waals surface area contributed by atoms with Gasteiger partial charge in [0.2, 0.25) is 0 Å². The molecule has 0 unspecified atom stereocenters. The normalized spacial score (nSPS) is 33.2. The predicted molar refractivity (Wildman–Crippen MR) is 117 cm³/mol. The van der Waals surface area contributed by atoms with Crippen molar-refractivity contribution in [2.75, 3.05) is 7.11 Å². The van der Waals surface area contributed by atoms with Crippen molar-refractivity contribution >= 4 is 14.3 Å². The number of aliphatic hydroxyl groups is 1. The highest BCUT2D eigenvalue weighted by molar-refractivity contribution is 6.74. The fourth-order valence-electron chi connectivity index (χ4n) is 5.67. The van der Waals surface area contributed by atoms with E-state index in [0.29, 0.717) is 35.7 Å². The van der Waals surface area contributed by atoms with Gasteiger partial charge in [-0.05, 0) is 79.8 Å². The van der Waals surface area contributed by atoms with Crippen LogP contribution in [0.5, 0.6) is 0 Å². The SMILES string of the molecule is COC(=O)[C@@H](O)CC[C@@H](C)[C@H]1CC[C@H]2[C@@H](O[Si](C)(C)C(C)(C)C)CCC[C@]12C. The number of esters is 1. The van der Waals surface area contributed by atoms with Crippen molar-refractivity contribution in [1.82, 2.24) is 0 Å². The second-order valence-corrected chi connectivity index (χ2v) is 16.0. The first kappa shape index (κ1) is 23.9. The third-order valence-electron chi connectivity index (χ3n) is 8.44. The molecule has 0 saturated heterocycles. The van der Waals surface area contributed by atoms with Crippen LogP contribution in [0, 0.1) is 23.2 Å². The third-order valence-corrected chi connectivity index (χ3v) is 12.9. The van der Waals surface area contributed by atoms with Crippen molar-refractivity contribution in [3.8, 4) is 0 Å². The van der Waals surface area contributed by atoms with E-state index in [2.05, 4.69) is 52.4 Å². The van der Waals surface area contributed by atoms with Crippen molar-refractivity contribution in [3.05, 3.63) is 0 Å². The largest absolute Gasteiger partial charge is 0.467 e. The van der Waals surface area contributed by atoms with Gasteiger partial charge in [0.25, 0.3) is 0 Å². The van der Waals surface area contributed by atoms with E-state index in [9.17, 15) is 9.90 Å². The van der Waals surface area contributed by atoms with Crippen LogP contribution >= 0.6 is 0 Å². The molecule has 0 amide bonds. The first-order chi connectivity index (χ1) is 12.8.